The Balaban J connectivity index is 1.85. The molecule has 0 saturated carbocycles. The first-order valence-corrected chi connectivity index (χ1v) is 9.33. The lowest BCUT2D eigenvalue weighted by Crippen LogP contribution is -2.38. The number of para-hydroxylation sites is 1. The summed E-state index contributed by atoms with van der Waals surface area (Å²) in [5.74, 6) is 1.28. The van der Waals surface area contributed by atoms with E-state index in [0.717, 1.165) is 0 Å². The van der Waals surface area contributed by atoms with Gasteiger partial charge in [0, 0.05) is 13.1 Å². The van der Waals surface area contributed by atoms with Crippen LogP contribution in [0.25, 0.3) is 0 Å². The fourth-order valence-electron chi connectivity index (χ4n) is 2.16. The quantitative estimate of drug-likeness (QED) is 0.529. The number of carbonyl (C=O) groups is 1. The molecule has 0 aliphatic heterocycles. The van der Waals surface area contributed by atoms with E-state index in [9.17, 15) is 4.79 Å². The van der Waals surface area contributed by atoms with Crippen LogP contribution in [0.3, 0.4) is 0 Å². The van der Waals surface area contributed by atoms with Crippen LogP contribution >= 0.6 is 11.6 Å². The lowest BCUT2D eigenvalue weighted by atomic mass is 10.1. The van der Waals surface area contributed by atoms with Crippen molar-refractivity contribution in [3.8, 4) is 11.6 Å². The molecule has 1 amide bonds. The van der Waals surface area contributed by atoms with Crippen molar-refractivity contribution in [1.29, 1.82) is 0 Å². The Kier molecular flexibility index (Phi) is 7.93. The third-order valence-corrected chi connectivity index (χ3v) is 3.69. The molecular weight excluding hydrogens is 378 g/mol. The summed E-state index contributed by atoms with van der Waals surface area (Å²) in [7, 11) is 5.64. The highest BCUT2D eigenvalue weighted by Crippen LogP contribution is 2.27. The molecule has 1 N–H and O–H groups in total. The van der Waals surface area contributed by atoms with E-state index in [1.807, 2.05) is 51.1 Å². The molecule has 1 aromatic heterocycles. The van der Waals surface area contributed by atoms with Gasteiger partial charge in [-0.25, -0.2) is 9.78 Å². The van der Waals surface area contributed by atoms with Crippen LogP contribution in [0, 0.1) is 0 Å². The molecule has 1 heterocycles. The monoisotopic (exact) mass is 402 g/mol. The van der Waals surface area contributed by atoms with Crippen molar-refractivity contribution in [1.82, 2.24) is 14.9 Å². The average Bonchev–Trinajstić information content (AvgIpc) is 2.63. The number of rotatable bonds is 8. The molecule has 28 heavy (non-hydrogen) atoms. The van der Waals surface area contributed by atoms with Gasteiger partial charge in [-0.05, 0) is 45.8 Å². The highest BCUT2D eigenvalue weighted by Gasteiger charge is 2.20. The van der Waals surface area contributed by atoms with E-state index in [1.165, 1.54) is 11.1 Å². The Hall–Kier alpha value is -2.48. The largest absolute Gasteiger partial charge is 0.444 e. The number of nitrogens with zero attached hydrogens (tertiary/aromatic N) is 3. The van der Waals surface area contributed by atoms with Gasteiger partial charge in [-0.3, -0.25) is 0 Å². The molecule has 0 fully saturated rings. The molecule has 0 aliphatic carbocycles. The highest BCUT2D eigenvalue weighted by atomic mass is 35.5. The van der Waals surface area contributed by atoms with Crippen molar-refractivity contribution in [2.24, 2.45) is 0 Å². The zero-order valence-corrected chi connectivity index (χ0v) is 17.1. The summed E-state index contributed by atoms with van der Waals surface area (Å²) in [4.78, 5) is 21.9. The third kappa shape index (κ3) is 7.27. The average molecular weight is 403 g/mol. The molecule has 0 bridgehead atoms. The third-order valence-electron chi connectivity index (χ3n) is 3.43. The van der Waals surface area contributed by atoms with Gasteiger partial charge in [0.2, 0.25) is 11.8 Å². The summed E-state index contributed by atoms with van der Waals surface area (Å²) >= 11 is 6.11. The SMILES string of the molecule is [B]CN(CCCNc1ncc(Cl)c(Oc2ccccc2)n1)C(=O)OC(C)(C)C. The zero-order chi connectivity index (χ0) is 20.6. The first-order chi connectivity index (χ1) is 13.3. The fourth-order valence-corrected chi connectivity index (χ4v) is 2.29. The molecule has 1 aromatic carbocycles. The molecule has 0 saturated heterocycles. The number of nitrogens with one attached hydrogen (secondary N) is 1. The molecule has 148 valence electrons. The normalized spacial score (nSPS) is 11.0. The van der Waals surface area contributed by atoms with Gasteiger partial charge in [0.05, 0.1) is 14.0 Å². The Morgan fingerprint density at radius 1 is 1.29 bits per heavy atom. The lowest BCUT2D eigenvalue weighted by Gasteiger charge is -2.26. The van der Waals surface area contributed by atoms with Crippen molar-refractivity contribution in [3.63, 3.8) is 0 Å². The van der Waals surface area contributed by atoms with E-state index in [4.69, 9.17) is 28.9 Å². The molecule has 9 heteroatoms. The predicted octanol–water partition coefficient (Wildman–Crippen LogP) is 4.09. The number of anilines is 1. The molecule has 0 unspecified atom stereocenters. The standard InChI is InChI=1S/C19H24BClN4O3/c1-19(2,3)28-18(26)25(13-20)11-7-10-22-17-23-12-15(21)16(24-17)27-14-8-5-4-6-9-14/h4-6,8-9,12H,7,10-11,13H2,1-3H3,(H,22,23,24). The Morgan fingerprint density at radius 2 is 2.00 bits per heavy atom. The van der Waals surface area contributed by atoms with Crippen molar-refractivity contribution >= 4 is 31.5 Å². The van der Waals surface area contributed by atoms with Crippen LogP contribution in [-0.2, 0) is 4.74 Å². The van der Waals surface area contributed by atoms with Crippen molar-refractivity contribution in [2.45, 2.75) is 32.8 Å². The second-order valence-electron chi connectivity index (χ2n) is 6.97. The van der Waals surface area contributed by atoms with E-state index < -0.39 is 11.7 Å². The summed E-state index contributed by atoms with van der Waals surface area (Å²) in [5.41, 5.74) is -0.560. The Labute approximate surface area is 171 Å². The maximum absolute atomic E-state index is 12.1. The van der Waals surface area contributed by atoms with E-state index in [-0.39, 0.29) is 12.3 Å². The van der Waals surface area contributed by atoms with E-state index >= 15 is 0 Å². The number of hydrogen-bond donors (Lipinski definition) is 1. The molecule has 2 radical (unpaired) electrons. The van der Waals surface area contributed by atoms with Crippen LogP contribution < -0.4 is 10.1 Å². The summed E-state index contributed by atoms with van der Waals surface area (Å²) in [6.07, 6.45) is 1.76. The van der Waals surface area contributed by atoms with E-state index in [1.54, 1.807) is 0 Å². The minimum Gasteiger partial charge on any atom is -0.444 e. The molecule has 2 rings (SSSR count). The Bertz CT molecular complexity index is 772. The van der Waals surface area contributed by atoms with Crippen LogP contribution in [0.5, 0.6) is 11.6 Å². The smallest absolute Gasteiger partial charge is 0.409 e. The number of halogens is 1. The number of ether oxygens (including phenoxy) is 2. The van der Waals surface area contributed by atoms with Gasteiger partial charge >= 0.3 is 6.09 Å². The van der Waals surface area contributed by atoms with Crippen LogP contribution in [-0.4, -0.2) is 53.9 Å². The fraction of sp³-hybridized carbons (Fsp3) is 0.421. The topological polar surface area (TPSA) is 76.6 Å². The minimum atomic E-state index is -0.560. The van der Waals surface area contributed by atoms with Gasteiger partial charge in [-0.15, -0.1) is 0 Å². The van der Waals surface area contributed by atoms with E-state index in [2.05, 4.69) is 15.3 Å². The number of aromatic nitrogens is 2. The lowest BCUT2D eigenvalue weighted by molar-refractivity contribution is 0.0284. The second kappa shape index (κ2) is 10.2. The van der Waals surface area contributed by atoms with Crippen LogP contribution in [0.2, 0.25) is 5.02 Å². The van der Waals surface area contributed by atoms with Crippen LogP contribution in [0.1, 0.15) is 27.2 Å². The number of amides is 1. The molecule has 0 spiro atoms. The number of benzene rings is 1. The van der Waals surface area contributed by atoms with Crippen LogP contribution in [0.4, 0.5) is 10.7 Å². The molecular formula is C19H24BClN4O3. The molecule has 0 aliphatic rings. The Morgan fingerprint density at radius 3 is 2.64 bits per heavy atom. The minimum absolute atomic E-state index is 0.0847. The first kappa shape index (κ1) is 21.8. The van der Waals surface area contributed by atoms with Crippen LogP contribution in [0.15, 0.2) is 36.5 Å². The number of carbonyl (C=O) groups excluding carboxylic acids is 1. The van der Waals surface area contributed by atoms with Crippen molar-refractivity contribution in [2.75, 3.05) is 24.9 Å². The highest BCUT2D eigenvalue weighted by molar-refractivity contribution is 6.31. The van der Waals surface area contributed by atoms with Gasteiger partial charge in [0.25, 0.3) is 0 Å². The van der Waals surface area contributed by atoms with Gasteiger partial charge in [0.1, 0.15) is 16.4 Å². The maximum atomic E-state index is 12.1. The molecule has 2 aromatic rings. The summed E-state index contributed by atoms with van der Waals surface area (Å²) in [6.45, 7) is 6.42. The molecule has 7 nitrogen and oxygen atoms in total. The number of hydrogen-bond acceptors (Lipinski definition) is 6. The van der Waals surface area contributed by atoms with Gasteiger partial charge < -0.3 is 19.7 Å². The second-order valence-corrected chi connectivity index (χ2v) is 7.38. The van der Waals surface area contributed by atoms with Gasteiger partial charge in [0.15, 0.2) is 0 Å². The summed E-state index contributed by atoms with van der Waals surface area (Å²) in [5, 5.41) is 3.40. The van der Waals surface area contributed by atoms with Crippen molar-refractivity contribution in [3.05, 3.63) is 41.6 Å². The maximum Gasteiger partial charge on any atom is 0.409 e. The van der Waals surface area contributed by atoms with Crippen molar-refractivity contribution < 1.29 is 14.3 Å². The molecule has 0 atom stereocenters. The zero-order valence-electron chi connectivity index (χ0n) is 16.3. The predicted molar refractivity (Wildman–Crippen MR) is 110 cm³/mol. The summed E-state index contributed by atoms with van der Waals surface area (Å²) in [6, 6.07) is 9.23. The summed E-state index contributed by atoms with van der Waals surface area (Å²) < 4.78 is 11.0. The first-order valence-electron chi connectivity index (χ1n) is 8.96. The van der Waals surface area contributed by atoms with E-state index in [0.29, 0.717) is 36.2 Å². The van der Waals surface area contributed by atoms with Gasteiger partial charge in [-0.1, -0.05) is 29.8 Å². The van der Waals surface area contributed by atoms with Gasteiger partial charge in [-0.2, -0.15) is 4.98 Å².